The smallest absolute Gasteiger partial charge is 0.339 e. The summed E-state index contributed by atoms with van der Waals surface area (Å²) in [5.41, 5.74) is 1.29. The molecule has 2 aromatic heterocycles. The lowest BCUT2D eigenvalue weighted by molar-refractivity contribution is 0.0698. The molecule has 0 spiro atoms. The van der Waals surface area contributed by atoms with E-state index in [9.17, 15) is 4.79 Å². The normalized spacial score (nSPS) is 10.8. The summed E-state index contributed by atoms with van der Waals surface area (Å²) in [5.74, 6) is -0.530. The molecule has 0 atom stereocenters. The fourth-order valence-corrected chi connectivity index (χ4v) is 2.29. The van der Waals surface area contributed by atoms with Crippen LogP contribution < -0.4 is 0 Å². The molecule has 0 bridgehead atoms. The summed E-state index contributed by atoms with van der Waals surface area (Å²) in [7, 11) is 0. The first kappa shape index (κ1) is 11.9. The highest BCUT2D eigenvalue weighted by atomic mass is 79.9. The molecule has 0 aliphatic carbocycles. The summed E-state index contributed by atoms with van der Waals surface area (Å²) < 4.78 is 2.33. The molecule has 0 aliphatic rings. The first-order valence-electron chi connectivity index (χ1n) is 5.50. The second-order valence-corrected chi connectivity index (χ2v) is 4.76. The number of aromatic nitrogens is 3. The lowest BCUT2D eigenvalue weighted by atomic mass is 10.2. The van der Waals surface area contributed by atoms with E-state index in [1.807, 2.05) is 24.3 Å². The molecular weight excluding hydrogens is 310 g/mol. The highest BCUT2D eigenvalue weighted by molar-refractivity contribution is 9.10. The van der Waals surface area contributed by atoms with Gasteiger partial charge in [0.25, 0.3) is 0 Å². The molecule has 0 unspecified atom stereocenters. The molecular formula is C13H8BrN3O2. The maximum atomic E-state index is 11.1. The van der Waals surface area contributed by atoms with Crippen LogP contribution in [0, 0.1) is 0 Å². The number of carboxylic acid groups (broad SMARTS) is 1. The van der Waals surface area contributed by atoms with Gasteiger partial charge in [-0.1, -0.05) is 28.1 Å². The van der Waals surface area contributed by atoms with Crippen LogP contribution in [-0.4, -0.2) is 25.7 Å². The molecule has 0 radical (unpaired) electrons. The number of hydrogen-bond acceptors (Lipinski definition) is 3. The Labute approximate surface area is 116 Å². The van der Waals surface area contributed by atoms with Gasteiger partial charge >= 0.3 is 5.97 Å². The van der Waals surface area contributed by atoms with Crippen molar-refractivity contribution in [3.8, 4) is 11.4 Å². The van der Waals surface area contributed by atoms with Crippen molar-refractivity contribution in [3.63, 3.8) is 0 Å². The van der Waals surface area contributed by atoms with Gasteiger partial charge in [0, 0.05) is 16.2 Å². The van der Waals surface area contributed by atoms with Crippen molar-refractivity contribution in [1.82, 2.24) is 14.6 Å². The van der Waals surface area contributed by atoms with E-state index in [-0.39, 0.29) is 5.56 Å². The van der Waals surface area contributed by atoms with Crippen LogP contribution in [0.2, 0.25) is 0 Å². The third-order valence-electron chi connectivity index (χ3n) is 2.71. The first-order chi connectivity index (χ1) is 9.16. The summed E-state index contributed by atoms with van der Waals surface area (Å²) >= 11 is 3.43. The van der Waals surface area contributed by atoms with Crippen LogP contribution in [0.3, 0.4) is 0 Å². The summed E-state index contributed by atoms with van der Waals surface area (Å²) in [5, 5.41) is 13.4. The van der Waals surface area contributed by atoms with Crippen LogP contribution in [0.4, 0.5) is 0 Å². The van der Waals surface area contributed by atoms with E-state index in [4.69, 9.17) is 5.11 Å². The fraction of sp³-hybridized carbons (Fsp3) is 0. The predicted molar refractivity (Wildman–Crippen MR) is 73.1 cm³/mol. The lowest BCUT2D eigenvalue weighted by Crippen LogP contribution is -2.00. The van der Waals surface area contributed by atoms with Crippen molar-refractivity contribution in [1.29, 1.82) is 0 Å². The summed E-state index contributed by atoms with van der Waals surface area (Å²) in [6.07, 6.45) is 1.68. The molecule has 19 heavy (non-hydrogen) atoms. The Bertz CT molecular complexity index is 782. The monoisotopic (exact) mass is 317 g/mol. The minimum atomic E-state index is -1.02. The summed E-state index contributed by atoms with van der Waals surface area (Å²) in [6.45, 7) is 0. The third-order valence-corrected chi connectivity index (χ3v) is 3.40. The van der Waals surface area contributed by atoms with Crippen molar-refractivity contribution in [2.75, 3.05) is 0 Å². The van der Waals surface area contributed by atoms with Gasteiger partial charge in [0.05, 0.1) is 0 Å². The van der Waals surface area contributed by atoms with E-state index < -0.39 is 5.97 Å². The maximum Gasteiger partial charge on any atom is 0.339 e. The number of carbonyl (C=O) groups is 1. The number of hydrogen-bond donors (Lipinski definition) is 1. The Hall–Kier alpha value is -2.21. The maximum absolute atomic E-state index is 11.1. The number of nitrogens with zero attached hydrogens (tertiary/aromatic N) is 3. The van der Waals surface area contributed by atoms with Gasteiger partial charge in [0.15, 0.2) is 11.5 Å². The number of fused-ring (bicyclic) bond motifs is 1. The Morgan fingerprint density at radius 3 is 2.74 bits per heavy atom. The second kappa shape index (κ2) is 4.47. The SMILES string of the molecule is O=C(O)c1cccn2nc(-c3ccccc3Br)nc12. The average Bonchev–Trinajstić information content (AvgIpc) is 2.82. The Balaban J connectivity index is 2.26. The van der Waals surface area contributed by atoms with Gasteiger partial charge in [-0.2, -0.15) is 0 Å². The van der Waals surface area contributed by atoms with Gasteiger partial charge in [0.1, 0.15) is 5.56 Å². The second-order valence-electron chi connectivity index (χ2n) is 3.91. The lowest BCUT2D eigenvalue weighted by Gasteiger charge is -1.96. The highest BCUT2D eigenvalue weighted by Crippen LogP contribution is 2.26. The minimum Gasteiger partial charge on any atom is -0.478 e. The highest BCUT2D eigenvalue weighted by Gasteiger charge is 2.14. The van der Waals surface area contributed by atoms with E-state index in [0.717, 1.165) is 10.0 Å². The third kappa shape index (κ3) is 2.00. The molecule has 0 saturated heterocycles. The van der Waals surface area contributed by atoms with Crippen LogP contribution in [-0.2, 0) is 0 Å². The van der Waals surface area contributed by atoms with E-state index in [1.54, 1.807) is 12.3 Å². The van der Waals surface area contributed by atoms with E-state index in [1.165, 1.54) is 10.6 Å². The standard InChI is InChI=1S/C13H8BrN3O2/c14-10-6-2-1-4-8(10)11-15-12-9(13(18)19)5-3-7-17(12)16-11/h1-7H,(H,18,19). The number of halogens is 1. The van der Waals surface area contributed by atoms with Crippen LogP contribution in [0.5, 0.6) is 0 Å². The average molecular weight is 318 g/mol. The molecule has 1 N–H and O–H groups in total. The van der Waals surface area contributed by atoms with Crippen LogP contribution in [0.1, 0.15) is 10.4 Å². The molecule has 2 heterocycles. The Morgan fingerprint density at radius 2 is 2.00 bits per heavy atom. The molecule has 6 heteroatoms. The van der Waals surface area contributed by atoms with Gasteiger partial charge in [-0.3, -0.25) is 0 Å². The van der Waals surface area contributed by atoms with Gasteiger partial charge < -0.3 is 5.11 Å². The molecule has 0 amide bonds. The molecule has 0 fully saturated rings. The summed E-state index contributed by atoms with van der Waals surface area (Å²) in [4.78, 5) is 15.4. The van der Waals surface area contributed by atoms with Crippen LogP contribution in [0.25, 0.3) is 17.0 Å². The fourth-order valence-electron chi connectivity index (χ4n) is 1.83. The number of rotatable bonds is 2. The molecule has 0 aliphatic heterocycles. The predicted octanol–water partition coefficient (Wildman–Crippen LogP) is 2.86. The zero-order valence-electron chi connectivity index (χ0n) is 9.62. The molecule has 94 valence electrons. The number of carboxylic acids is 1. The van der Waals surface area contributed by atoms with Crippen LogP contribution in [0.15, 0.2) is 47.1 Å². The molecule has 0 saturated carbocycles. The van der Waals surface area contributed by atoms with Gasteiger partial charge in [0.2, 0.25) is 0 Å². The van der Waals surface area contributed by atoms with E-state index in [0.29, 0.717) is 11.5 Å². The van der Waals surface area contributed by atoms with Crippen molar-refractivity contribution in [2.45, 2.75) is 0 Å². The zero-order chi connectivity index (χ0) is 13.4. The van der Waals surface area contributed by atoms with Crippen LogP contribution >= 0.6 is 15.9 Å². The van der Waals surface area contributed by atoms with E-state index in [2.05, 4.69) is 26.0 Å². The van der Waals surface area contributed by atoms with Crippen molar-refractivity contribution >= 4 is 27.5 Å². The Morgan fingerprint density at radius 1 is 1.21 bits per heavy atom. The largest absolute Gasteiger partial charge is 0.478 e. The van der Waals surface area contributed by atoms with Crippen molar-refractivity contribution in [2.24, 2.45) is 0 Å². The quantitative estimate of drug-likeness (QED) is 0.789. The van der Waals surface area contributed by atoms with Crippen molar-refractivity contribution in [3.05, 3.63) is 52.6 Å². The van der Waals surface area contributed by atoms with E-state index >= 15 is 0 Å². The molecule has 1 aromatic carbocycles. The topological polar surface area (TPSA) is 67.5 Å². The van der Waals surface area contributed by atoms with Gasteiger partial charge in [-0.15, -0.1) is 5.10 Å². The number of benzene rings is 1. The molecule has 3 rings (SSSR count). The number of aromatic carboxylic acids is 1. The Kier molecular flexibility index (Phi) is 2.79. The first-order valence-corrected chi connectivity index (χ1v) is 6.30. The minimum absolute atomic E-state index is 0.133. The summed E-state index contributed by atoms with van der Waals surface area (Å²) in [6, 6.07) is 10.7. The van der Waals surface area contributed by atoms with Gasteiger partial charge in [-0.05, 0) is 24.3 Å². The zero-order valence-corrected chi connectivity index (χ0v) is 11.2. The van der Waals surface area contributed by atoms with Gasteiger partial charge in [-0.25, -0.2) is 14.3 Å². The molecule has 5 nitrogen and oxygen atoms in total. The van der Waals surface area contributed by atoms with Crippen molar-refractivity contribution < 1.29 is 9.90 Å². The molecule has 3 aromatic rings. The number of pyridine rings is 1.